The van der Waals surface area contributed by atoms with Crippen LogP contribution >= 0.6 is 23.2 Å². The summed E-state index contributed by atoms with van der Waals surface area (Å²) in [5.74, 6) is -0.468. The van der Waals surface area contributed by atoms with E-state index in [0.29, 0.717) is 5.02 Å². The molecule has 0 heterocycles. The molecule has 0 saturated heterocycles. The quantitative estimate of drug-likeness (QED) is 0.323. The van der Waals surface area contributed by atoms with Crippen molar-refractivity contribution in [2.24, 2.45) is 0 Å². The van der Waals surface area contributed by atoms with E-state index in [-0.39, 0.29) is 10.6 Å². The number of ketones is 1. The second kappa shape index (κ2) is 4.19. The molecular weight excluding hydrogens is 211 g/mol. The van der Waals surface area contributed by atoms with E-state index in [1.54, 1.807) is 0 Å². The number of carbonyl (C=O) groups excluding carboxylic acids is 1. The second-order valence-electron chi connectivity index (χ2n) is 2.23. The second-order valence-corrected chi connectivity index (χ2v) is 3.08. The molecule has 0 fully saturated rings. The third-order valence-electron chi connectivity index (χ3n) is 1.37. The van der Waals surface area contributed by atoms with Crippen molar-refractivity contribution in [2.45, 2.75) is 0 Å². The van der Waals surface area contributed by atoms with Crippen molar-refractivity contribution in [2.75, 3.05) is 0 Å². The monoisotopic (exact) mass is 214 g/mol. The molecule has 0 amide bonds. The number of Topliss-reactive ketones (excluding diaryl/α,β-unsaturated/α-hetero) is 1. The molecule has 0 aromatic heterocycles. The van der Waals surface area contributed by atoms with Crippen LogP contribution in [0.3, 0.4) is 0 Å². The van der Waals surface area contributed by atoms with Crippen LogP contribution in [0.4, 0.5) is 0 Å². The highest BCUT2D eigenvalue weighted by atomic mass is 35.5. The Bertz CT molecular complexity index is 397. The molecule has 0 spiro atoms. The zero-order valence-electron chi connectivity index (χ0n) is 6.37. The van der Waals surface area contributed by atoms with Gasteiger partial charge in [0.05, 0.1) is 5.02 Å². The summed E-state index contributed by atoms with van der Waals surface area (Å²) >= 11 is 11.3. The van der Waals surface area contributed by atoms with Crippen LogP contribution in [-0.2, 0) is 0 Å². The van der Waals surface area contributed by atoms with Crippen molar-refractivity contribution in [1.82, 2.24) is 0 Å². The minimum atomic E-state index is -0.468. The lowest BCUT2D eigenvalue weighted by molar-refractivity contribution is 0.00235. The van der Waals surface area contributed by atoms with Gasteiger partial charge in [-0.1, -0.05) is 23.2 Å². The summed E-state index contributed by atoms with van der Waals surface area (Å²) < 4.78 is 0. The first-order valence-electron chi connectivity index (χ1n) is 3.32. The molecular formula is C8H4Cl2N2O. The molecule has 0 N–H and O–H groups in total. The third kappa shape index (κ3) is 2.39. The van der Waals surface area contributed by atoms with E-state index in [2.05, 4.69) is 4.79 Å². The van der Waals surface area contributed by atoms with Crippen LogP contribution < -0.4 is 0 Å². The molecule has 0 unspecified atom stereocenters. The maximum absolute atomic E-state index is 11.1. The van der Waals surface area contributed by atoms with Gasteiger partial charge in [-0.25, -0.2) is 0 Å². The number of halogens is 2. The first kappa shape index (κ1) is 9.93. The summed E-state index contributed by atoms with van der Waals surface area (Å²) in [6, 6.07) is 4.45. The molecule has 0 atom stereocenters. The molecule has 0 aliphatic heterocycles. The fraction of sp³-hybridized carbons (Fsp3) is 0. The van der Waals surface area contributed by atoms with Crippen LogP contribution in [0.25, 0.3) is 5.53 Å². The Labute approximate surface area is 84.5 Å². The number of carbonyl (C=O) groups is 1. The van der Waals surface area contributed by atoms with Crippen molar-refractivity contribution in [3.63, 3.8) is 0 Å². The van der Waals surface area contributed by atoms with E-state index in [1.165, 1.54) is 18.2 Å². The van der Waals surface area contributed by atoms with E-state index in [4.69, 9.17) is 28.7 Å². The molecule has 1 aromatic rings. The lowest BCUT2D eigenvalue weighted by Crippen LogP contribution is -2.01. The van der Waals surface area contributed by atoms with E-state index >= 15 is 0 Å². The molecule has 1 aromatic carbocycles. The van der Waals surface area contributed by atoms with E-state index in [9.17, 15) is 4.79 Å². The lowest BCUT2D eigenvalue weighted by atomic mass is 10.1. The maximum Gasteiger partial charge on any atom is 0.328 e. The van der Waals surface area contributed by atoms with Crippen LogP contribution in [0.15, 0.2) is 18.2 Å². The SMILES string of the molecule is [N-]=[N+]=CC(=O)c1ccc(Cl)cc1Cl. The smallest absolute Gasteiger partial charge is 0.328 e. The van der Waals surface area contributed by atoms with E-state index < -0.39 is 5.78 Å². The molecule has 0 aliphatic carbocycles. The summed E-state index contributed by atoms with van der Waals surface area (Å²) in [4.78, 5) is 13.7. The molecule has 0 bridgehead atoms. The molecule has 0 aliphatic rings. The Morgan fingerprint density at radius 2 is 2.15 bits per heavy atom. The fourth-order valence-electron chi connectivity index (χ4n) is 0.811. The van der Waals surface area contributed by atoms with Crippen molar-refractivity contribution in [3.8, 4) is 0 Å². The maximum atomic E-state index is 11.1. The average Bonchev–Trinajstić information content (AvgIpc) is 2.04. The van der Waals surface area contributed by atoms with Gasteiger partial charge in [-0.3, -0.25) is 4.79 Å². The molecule has 1 rings (SSSR count). The average molecular weight is 215 g/mol. The predicted molar refractivity (Wildman–Crippen MR) is 50.5 cm³/mol. The summed E-state index contributed by atoms with van der Waals surface area (Å²) in [6.45, 7) is 0. The van der Waals surface area contributed by atoms with Crippen LogP contribution in [0, 0.1) is 0 Å². The van der Waals surface area contributed by atoms with Gasteiger partial charge in [0.1, 0.15) is 0 Å². The van der Waals surface area contributed by atoms with Crippen LogP contribution in [-0.4, -0.2) is 16.8 Å². The standard InChI is InChI=1S/C8H4Cl2N2O/c9-5-1-2-6(7(10)3-5)8(13)4-12-11/h1-4H. The van der Waals surface area contributed by atoms with Gasteiger partial charge in [0.15, 0.2) is 0 Å². The van der Waals surface area contributed by atoms with Crippen molar-refractivity contribution < 1.29 is 9.58 Å². The van der Waals surface area contributed by atoms with Gasteiger partial charge in [0.25, 0.3) is 5.78 Å². The van der Waals surface area contributed by atoms with Gasteiger partial charge in [-0.15, -0.1) is 0 Å². The van der Waals surface area contributed by atoms with Crippen LogP contribution in [0.2, 0.25) is 10.0 Å². The Balaban J connectivity index is 3.16. The highest BCUT2D eigenvalue weighted by molar-refractivity contribution is 6.42. The normalized spacial score (nSPS) is 9.08. The molecule has 66 valence electrons. The Morgan fingerprint density at radius 3 is 2.69 bits per heavy atom. The summed E-state index contributed by atoms with van der Waals surface area (Å²) in [5.41, 5.74) is 8.38. The van der Waals surface area contributed by atoms with Gasteiger partial charge >= 0.3 is 6.21 Å². The van der Waals surface area contributed by atoms with E-state index in [0.717, 1.165) is 6.21 Å². The Hall–Kier alpha value is -1.15. The minimum Gasteiger partial charge on any atom is -0.361 e. The number of rotatable bonds is 2. The van der Waals surface area contributed by atoms with Crippen LogP contribution in [0.5, 0.6) is 0 Å². The van der Waals surface area contributed by atoms with Gasteiger partial charge in [-0.2, -0.15) is 4.79 Å². The Morgan fingerprint density at radius 1 is 1.46 bits per heavy atom. The molecule has 5 heteroatoms. The third-order valence-corrected chi connectivity index (χ3v) is 1.92. The predicted octanol–water partition coefficient (Wildman–Crippen LogP) is 2.48. The first-order chi connectivity index (χ1) is 6.15. The zero-order valence-corrected chi connectivity index (χ0v) is 7.88. The van der Waals surface area contributed by atoms with Gasteiger partial charge in [-0.05, 0) is 18.2 Å². The number of hydrogen-bond acceptors (Lipinski definition) is 1. The number of hydrogen-bond donors (Lipinski definition) is 0. The minimum absolute atomic E-state index is 0.234. The van der Waals surface area contributed by atoms with Crippen molar-refractivity contribution >= 4 is 35.2 Å². The van der Waals surface area contributed by atoms with E-state index in [1.807, 2.05) is 0 Å². The zero-order chi connectivity index (χ0) is 9.84. The molecule has 0 radical (unpaired) electrons. The summed E-state index contributed by atoms with van der Waals surface area (Å²) in [6.07, 6.45) is 0.773. The highest BCUT2D eigenvalue weighted by Gasteiger charge is 2.11. The largest absolute Gasteiger partial charge is 0.361 e. The molecule has 0 saturated carbocycles. The van der Waals surface area contributed by atoms with Crippen LogP contribution in [0.1, 0.15) is 10.4 Å². The van der Waals surface area contributed by atoms with Gasteiger partial charge in [0.2, 0.25) is 0 Å². The van der Waals surface area contributed by atoms with Crippen molar-refractivity contribution in [3.05, 3.63) is 39.3 Å². The van der Waals surface area contributed by atoms with Crippen molar-refractivity contribution in [1.29, 1.82) is 0 Å². The molecule has 3 nitrogen and oxygen atoms in total. The topological polar surface area (TPSA) is 53.5 Å². The summed E-state index contributed by atoms with van der Waals surface area (Å²) in [5, 5.41) is 0.680. The lowest BCUT2D eigenvalue weighted by Gasteiger charge is -1.96. The Kier molecular flexibility index (Phi) is 3.20. The number of nitrogens with zero attached hydrogens (tertiary/aromatic N) is 2. The number of benzene rings is 1. The fourth-order valence-corrected chi connectivity index (χ4v) is 1.31. The first-order valence-corrected chi connectivity index (χ1v) is 4.07. The highest BCUT2D eigenvalue weighted by Crippen LogP contribution is 2.20. The van der Waals surface area contributed by atoms with Gasteiger partial charge < -0.3 is 5.53 Å². The molecule has 13 heavy (non-hydrogen) atoms. The van der Waals surface area contributed by atoms with Gasteiger partial charge in [0, 0.05) is 10.6 Å². The summed E-state index contributed by atoms with van der Waals surface area (Å²) in [7, 11) is 0.